The van der Waals surface area contributed by atoms with E-state index in [1.54, 1.807) is 4.90 Å². The van der Waals surface area contributed by atoms with E-state index in [0.717, 1.165) is 18.6 Å². The summed E-state index contributed by atoms with van der Waals surface area (Å²) in [6.07, 6.45) is -6.18. The number of benzene rings is 1. The van der Waals surface area contributed by atoms with Crippen molar-refractivity contribution in [1.82, 2.24) is 10.2 Å². The van der Waals surface area contributed by atoms with Crippen molar-refractivity contribution in [2.24, 2.45) is 5.73 Å². The summed E-state index contributed by atoms with van der Waals surface area (Å²) < 4.78 is 69.0. The molecule has 0 aromatic heterocycles. The molecule has 0 radical (unpaired) electrons. The highest BCUT2D eigenvalue weighted by Crippen LogP contribution is 2.29. The molecule has 1 aliphatic rings. The van der Waals surface area contributed by atoms with Crippen molar-refractivity contribution in [2.45, 2.75) is 24.8 Å². The van der Waals surface area contributed by atoms with Gasteiger partial charge in [-0.2, -0.15) is 26.3 Å². The number of nitrogens with zero attached hydrogens (tertiary/aromatic N) is 1. The van der Waals surface area contributed by atoms with E-state index in [0.29, 0.717) is 18.7 Å². The number of nitrogens with two attached hydrogens (primary N) is 1. The van der Waals surface area contributed by atoms with Crippen LogP contribution in [0.3, 0.4) is 0 Å². The van der Waals surface area contributed by atoms with Crippen LogP contribution in [0.2, 0.25) is 0 Å². The third-order valence-electron chi connectivity index (χ3n) is 3.90. The number of nitrogens with one attached hydrogen (secondary N) is 1. The number of hydrogen-bond donors (Lipinski definition) is 3. The lowest BCUT2D eigenvalue weighted by atomic mass is 10.1. The fourth-order valence-corrected chi connectivity index (χ4v) is 2.30. The van der Waals surface area contributed by atoms with Crippen LogP contribution in [0, 0.1) is 0 Å². The van der Waals surface area contributed by atoms with Gasteiger partial charge in [-0.15, -0.1) is 0 Å². The molecule has 172 valence electrons. The van der Waals surface area contributed by atoms with Crippen LogP contribution in [0.25, 0.3) is 6.08 Å². The number of carbonyl (C=O) groups is 3. The van der Waals surface area contributed by atoms with Crippen LogP contribution in [0.1, 0.15) is 17.5 Å². The number of halogens is 6. The Balaban J connectivity index is 0.000000592. The van der Waals surface area contributed by atoms with Crippen LogP contribution < -0.4 is 11.1 Å². The number of alkyl halides is 6. The quantitative estimate of drug-likeness (QED) is 0.475. The van der Waals surface area contributed by atoms with E-state index in [2.05, 4.69) is 5.32 Å². The van der Waals surface area contributed by atoms with Crippen molar-refractivity contribution >= 4 is 23.9 Å². The standard InChI is InChI=1S/C16H18F3N3O2.C2HF3O2/c17-16(18,19)12-4-1-11(2-5-12)3-6-14(23)21-9-15(24)22-8-7-13(20)10-22;3-2(4,5)1(6)7/h1-6,13H,7-10,20H2,(H,21,23);(H,6,7)/b6-3+;/t13-;/m0./s1. The van der Waals surface area contributed by atoms with Crippen molar-refractivity contribution < 1.29 is 45.8 Å². The number of aliphatic carboxylic acids is 1. The Morgan fingerprint density at radius 1 is 1.13 bits per heavy atom. The van der Waals surface area contributed by atoms with Gasteiger partial charge in [0.25, 0.3) is 0 Å². The van der Waals surface area contributed by atoms with Crippen molar-refractivity contribution in [1.29, 1.82) is 0 Å². The molecule has 0 aliphatic carbocycles. The van der Waals surface area contributed by atoms with Crippen LogP contribution in [0.5, 0.6) is 0 Å². The van der Waals surface area contributed by atoms with Gasteiger partial charge in [-0.3, -0.25) is 9.59 Å². The van der Waals surface area contributed by atoms with E-state index < -0.39 is 29.8 Å². The van der Waals surface area contributed by atoms with Crippen LogP contribution in [0.15, 0.2) is 30.3 Å². The summed E-state index contributed by atoms with van der Waals surface area (Å²) in [5.41, 5.74) is 5.41. The maximum absolute atomic E-state index is 12.4. The number of likely N-dealkylation sites (tertiary alicyclic amines) is 1. The van der Waals surface area contributed by atoms with Crippen LogP contribution in [-0.4, -0.2) is 59.6 Å². The lowest BCUT2D eigenvalue weighted by Gasteiger charge is -2.15. The highest BCUT2D eigenvalue weighted by atomic mass is 19.4. The largest absolute Gasteiger partial charge is 0.490 e. The van der Waals surface area contributed by atoms with Gasteiger partial charge in [0.1, 0.15) is 0 Å². The zero-order valence-corrected chi connectivity index (χ0v) is 15.8. The summed E-state index contributed by atoms with van der Waals surface area (Å²) in [6, 6.07) is 4.39. The normalized spacial score (nSPS) is 16.6. The lowest BCUT2D eigenvalue weighted by Crippen LogP contribution is -2.39. The van der Waals surface area contributed by atoms with Crippen molar-refractivity contribution in [3.63, 3.8) is 0 Å². The summed E-state index contributed by atoms with van der Waals surface area (Å²) >= 11 is 0. The van der Waals surface area contributed by atoms with Crippen molar-refractivity contribution in [2.75, 3.05) is 19.6 Å². The van der Waals surface area contributed by atoms with E-state index in [4.69, 9.17) is 15.6 Å². The van der Waals surface area contributed by atoms with Gasteiger partial charge in [-0.1, -0.05) is 12.1 Å². The Morgan fingerprint density at radius 3 is 2.10 bits per heavy atom. The highest BCUT2D eigenvalue weighted by molar-refractivity contribution is 5.94. The molecule has 1 fully saturated rings. The lowest BCUT2D eigenvalue weighted by molar-refractivity contribution is -0.192. The van der Waals surface area contributed by atoms with E-state index in [1.165, 1.54) is 24.3 Å². The molecule has 1 atom stereocenters. The average Bonchev–Trinajstić information content (AvgIpc) is 3.10. The molecule has 0 saturated carbocycles. The average molecular weight is 455 g/mol. The number of carboxylic acid groups (broad SMARTS) is 1. The van der Waals surface area contributed by atoms with Gasteiger partial charge in [0, 0.05) is 25.2 Å². The second-order valence-corrected chi connectivity index (χ2v) is 6.36. The molecule has 1 aromatic rings. The Hall–Kier alpha value is -3.09. The van der Waals surface area contributed by atoms with Gasteiger partial charge in [0.15, 0.2) is 0 Å². The van der Waals surface area contributed by atoms with E-state index in [9.17, 15) is 35.9 Å². The molecule has 0 unspecified atom stereocenters. The zero-order chi connectivity index (χ0) is 23.8. The second-order valence-electron chi connectivity index (χ2n) is 6.36. The Labute approximate surface area is 172 Å². The molecular formula is C18H19F6N3O4. The predicted molar refractivity (Wildman–Crippen MR) is 96.4 cm³/mol. The third-order valence-corrected chi connectivity index (χ3v) is 3.90. The van der Waals surface area contributed by atoms with E-state index in [1.807, 2.05) is 0 Å². The molecule has 1 aliphatic heterocycles. The summed E-state index contributed by atoms with van der Waals surface area (Å²) in [5, 5.41) is 9.57. The molecule has 2 amide bonds. The number of rotatable bonds is 4. The molecule has 7 nitrogen and oxygen atoms in total. The second kappa shape index (κ2) is 10.8. The van der Waals surface area contributed by atoms with Crippen molar-refractivity contribution in [3.05, 3.63) is 41.5 Å². The maximum atomic E-state index is 12.4. The van der Waals surface area contributed by atoms with Crippen LogP contribution in [0.4, 0.5) is 26.3 Å². The molecule has 1 saturated heterocycles. The minimum atomic E-state index is -5.08. The minimum Gasteiger partial charge on any atom is -0.475 e. The van der Waals surface area contributed by atoms with Crippen LogP contribution >= 0.6 is 0 Å². The van der Waals surface area contributed by atoms with Gasteiger partial charge in [0.05, 0.1) is 12.1 Å². The van der Waals surface area contributed by atoms with E-state index in [-0.39, 0.29) is 18.5 Å². The van der Waals surface area contributed by atoms with Gasteiger partial charge in [-0.25, -0.2) is 4.79 Å². The highest BCUT2D eigenvalue weighted by Gasteiger charge is 2.38. The molecule has 1 aromatic carbocycles. The zero-order valence-electron chi connectivity index (χ0n) is 15.8. The number of amides is 2. The first kappa shape index (κ1) is 25.9. The molecule has 0 spiro atoms. The molecule has 13 heteroatoms. The van der Waals surface area contributed by atoms with Crippen molar-refractivity contribution in [3.8, 4) is 0 Å². The van der Waals surface area contributed by atoms with Gasteiger partial charge in [-0.05, 0) is 30.2 Å². The minimum absolute atomic E-state index is 0.0239. The molecule has 4 N–H and O–H groups in total. The number of carbonyl (C=O) groups excluding carboxylic acids is 2. The Kier molecular flexibility index (Phi) is 9.03. The molecular weight excluding hydrogens is 436 g/mol. The first-order valence-electron chi connectivity index (χ1n) is 8.66. The summed E-state index contributed by atoms with van der Waals surface area (Å²) in [4.78, 5) is 34.0. The van der Waals surface area contributed by atoms with Gasteiger partial charge in [0.2, 0.25) is 11.8 Å². The molecule has 1 heterocycles. The Bertz CT molecular complexity index is 806. The molecule has 0 bridgehead atoms. The maximum Gasteiger partial charge on any atom is 0.490 e. The monoisotopic (exact) mass is 455 g/mol. The van der Waals surface area contributed by atoms with E-state index >= 15 is 0 Å². The number of hydrogen-bond acceptors (Lipinski definition) is 4. The van der Waals surface area contributed by atoms with Crippen LogP contribution in [-0.2, 0) is 20.6 Å². The third kappa shape index (κ3) is 9.51. The summed E-state index contributed by atoms with van der Waals surface area (Å²) in [7, 11) is 0. The first-order valence-corrected chi connectivity index (χ1v) is 8.66. The Morgan fingerprint density at radius 2 is 1.68 bits per heavy atom. The summed E-state index contributed by atoms with van der Waals surface area (Å²) in [6.45, 7) is 0.927. The van der Waals surface area contributed by atoms with Gasteiger partial charge < -0.3 is 21.1 Å². The van der Waals surface area contributed by atoms with Gasteiger partial charge >= 0.3 is 18.3 Å². The SMILES string of the molecule is N[C@H]1CCN(C(=O)CNC(=O)/C=C/c2ccc(C(F)(F)F)cc2)C1.O=C(O)C(F)(F)F. The fourth-order valence-electron chi connectivity index (χ4n) is 2.30. The topological polar surface area (TPSA) is 113 Å². The fraction of sp³-hybridized carbons (Fsp3) is 0.389. The molecule has 31 heavy (non-hydrogen) atoms. The predicted octanol–water partition coefficient (Wildman–Crippen LogP) is 2.03. The first-order chi connectivity index (χ1) is 14.2. The number of carboxylic acids is 1. The molecule has 2 rings (SSSR count). The summed E-state index contributed by atoms with van der Waals surface area (Å²) in [5.74, 6) is -3.46. The smallest absolute Gasteiger partial charge is 0.475 e.